The van der Waals surface area contributed by atoms with Crippen LogP contribution in [0.2, 0.25) is 0 Å². The highest BCUT2D eigenvalue weighted by atomic mass is 19.3. The summed E-state index contributed by atoms with van der Waals surface area (Å²) >= 11 is 0. The van der Waals surface area contributed by atoms with Crippen LogP contribution in [0.1, 0.15) is 42.5 Å². The standard InChI is InChI=1S/C13H17F2N/c1-9-5-6-11(13(2,14)15)10(8-9)12-4-3-7-16-12/h5-6,8,12,16H,3-4,7H2,1-2H3. The molecule has 0 aromatic heterocycles. The quantitative estimate of drug-likeness (QED) is 0.811. The van der Waals surface area contributed by atoms with Gasteiger partial charge in [0.2, 0.25) is 0 Å². The Bertz CT molecular complexity index is 376. The van der Waals surface area contributed by atoms with Crippen molar-refractivity contribution in [1.29, 1.82) is 0 Å². The Labute approximate surface area is 94.9 Å². The molecule has 0 amide bonds. The van der Waals surface area contributed by atoms with Crippen molar-refractivity contribution < 1.29 is 8.78 Å². The van der Waals surface area contributed by atoms with Crippen molar-refractivity contribution >= 4 is 0 Å². The normalized spacial score (nSPS) is 21.4. The van der Waals surface area contributed by atoms with Gasteiger partial charge in [0.15, 0.2) is 0 Å². The Morgan fingerprint density at radius 1 is 1.38 bits per heavy atom. The van der Waals surface area contributed by atoms with E-state index in [1.807, 2.05) is 13.0 Å². The van der Waals surface area contributed by atoms with Crippen LogP contribution in [0.15, 0.2) is 18.2 Å². The van der Waals surface area contributed by atoms with Crippen LogP contribution in [0, 0.1) is 6.92 Å². The first-order valence-electron chi connectivity index (χ1n) is 5.71. The zero-order chi connectivity index (χ0) is 11.8. The highest BCUT2D eigenvalue weighted by molar-refractivity contribution is 5.37. The molecule has 1 aromatic rings. The monoisotopic (exact) mass is 225 g/mol. The van der Waals surface area contributed by atoms with Gasteiger partial charge in [0.05, 0.1) is 0 Å². The molecule has 0 aliphatic carbocycles. The van der Waals surface area contributed by atoms with Crippen molar-refractivity contribution in [3.05, 3.63) is 34.9 Å². The van der Waals surface area contributed by atoms with Gasteiger partial charge in [0, 0.05) is 18.5 Å². The number of nitrogens with one attached hydrogen (secondary N) is 1. The van der Waals surface area contributed by atoms with Gasteiger partial charge in [-0.25, -0.2) is 8.78 Å². The summed E-state index contributed by atoms with van der Waals surface area (Å²) in [6, 6.07) is 5.30. The second kappa shape index (κ2) is 4.13. The van der Waals surface area contributed by atoms with Crippen LogP contribution in [-0.2, 0) is 5.92 Å². The summed E-state index contributed by atoms with van der Waals surface area (Å²) in [5.74, 6) is -2.76. The number of hydrogen-bond acceptors (Lipinski definition) is 1. The molecule has 0 radical (unpaired) electrons. The van der Waals surface area contributed by atoms with E-state index in [0.29, 0.717) is 0 Å². The van der Waals surface area contributed by atoms with Gasteiger partial charge in [-0.2, -0.15) is 0 Å². The Kier molecular flexibility index (Phi) is 2.98. The van der Waals surface area contributed by atoms with E-state index < -0.39 is 5.92 Å². The minimum absolute atomic E-state index is 0.0979. The van der Waals surface area contributed by atoms with Crippen molar-refractivity contribution in [3.63, 3.8) is 0 Å². The molecule has 1 aliphatic heterocycles. The van der Waals surface area contributed by atoms with Gasteiger partial charge in [-0.3, -0.25) is 0 Å². The Hall–Kier alpha value is -0.960. The van der Waals surface area contributed by atoms with Crippen molar-refractivity contribution in [2.24, 2.45) is 0 Å². The smallest absolute Gasteiger partial charge is 0.270 e. The highest BCUT2D eigenvalue weighted by Gasteiger charge is 2.31. The summed E-state index contributed by atoms with van der Waals surface area (Å²) < 4.78 is 26.9. The number of aryl methyl sites for hydroxylation is 1. The largest absolute Gasteiger partial charge is 0.310 e. The summed E-state index contributed by atoms with van der Waals surface area (Å²) in [6.45, 7) is 3.83. The van der Waals surface area contributed by atoms with Crippen molar-refractivity contribution in [3.8, 4) is 0 Å². The first-order valence-corrected chi connectivity index (χ1v) is 5.71. The predicted molar refractivity (Wildman–Crippen MR) is 60.7 cm³/mol. The predicted octanol–water partition coefficient (Wildman–Crippen LogP) is 3.53. The highest BCUT2D eigenvalue weighted by Crippen LogP contribution is 2.36. The zero-order valence-corrected chi connectivity index (χ0v) is 9.69. The summed E-state index contributed by atoms with van der Waals surface area (Å²) in [5.41, 5.74) is 1.97. The topological polar surface area (TPSA) is 12.0 Å². The molecule has 1 fully saturated rings. The zero-order valence-electron chi connectivity index (χ0n) is 9.69. The van der Waals surface area contributed by atoms with Crippen LogP contribution in [-0.4, -0.2) is 6.54 Å². The molecule has 16 heavy (non-hydrogen) atoms. The Balaban J connectivity index is 2.43. The SMILES string of the molecule is Cc1ccc(C(C)(F)F)c(C2CCCN2)c1. The maximum Gasteiger partial charge on any atom is 0.270 e. The molecule has 88 valence electrons. The molecule has 1 nitrogen and oxygen atoms in total. The van der Waals surface area contributed by atoms with E-state index >= 15 is 0 Å². The van der Waals surface area contributed by atoms with Gasteiger partial charge >= 0.3 is 0 Å². The molecule has 0 saturated carbocycles. The second-order valence-corrected chi connectivity index (χ2v) is 4.63. The van der Waals surface area contributed by atoms with Gasteiger partial charge in [0.25, 0.3) is 5.92 Å². The lowest BCUT2D eigenvalue weighted by atomic mass is 9.94. The maximum atomic E-state index is 13.5. The van der Waals surface area contributed by atoms with Gasteiger partial charge < -0.3 is 5.32 Å². The Morgan fingerprint density at radius 3 is 2.69 bits per heavy atom. The number of halogens is 2. The number of hydrogen-bond donors (Lipinski definition) is 1. The van der Waals surface area contributed by atoms with Crippen molar-refractivity contribution in [2.75, 3.05) is 6.54 Å². The molecule has 3 heteroatoms. The van der Waals surface area contributed by atoms with E-state index in [1.165, 1.54) is 0 Å². The van der Waals surface area contributed by atoms with E-state index in [9.17, 15) is 8.78 Å². The maximum absolute atomic E-state index is 13.5. The van der Waals surface area contributed by atoms with E-state index in [-0.39, 0.29) is 11.6 Å². The van der Waals surface area contributed by atoms with E-state index in [2.05, 4.69) is 5.32 Å². The number of rotatable bonds is 2. The van der Waals surface area contributed by atoms with E-state index in [4.69, 9.17) is 0 Å². The third-order valence-electron chi connectivity index (χ3n) is 3.12. The van der Waals surface area contributed by atoms with Crippen LogP contribution >= 0.6 is 0 Å². The average molecular weight is 225 g/mol. The van der Waals surface area contributed by atoms with E-state index in [0.717, 1.165) is 37.4 Å². The van der Waals surface area contributed by atoms with E-state index in [1.54, 1.807) is 12.1 Å². The van der Waals surface area contributed by atoms with Gasteiger partial charge in [-0.15, -0.1) is 0 Å². The molecular weight excluding hydrogens is 208 g/mol. The summed E-state index contributed by atoms with van der Waals surface area (Å²) in [6.07, 6.45) is 2.01. The van der Waals surface area contributed by atoms with Gasteiger partial charge in [-0.05, 0) is 31.9 Å². The molecule has 2 rings (SSSR count). The first-order chi connectivity index (χ1) is 7.48. The van der Waals surface area contributed by atoms with Crippen molar-refractivity contribution in [1.82, 2.24) is 5.32 Å². The molecule has 1 aliphatic rings. The average Bonchev–Trinajstić information content (AvgIpc) is 2.68. The summed E-state index contributed by atoms with van der Waals surface area (Å²) in [7, 11) is 0. The lowest BCUT2D eigenvalue weighted by Crippen LogP contribution is -2.19. The Morgan fingerprint density at radius 2 is 2.12 bits per heavy atom. The lowest BCUT2D eigenvalue weighted by Gasteiger charge is -2.20. The molecule has 1 aromatic carbocycles. The molecule has 1 saturated heterocycles. The summed E-state index contributed by atoms with van der Waals surface area (Å²) in [4.78, 5) is 0. The second-order valence-electron chi connectivity index (χ2n) is 4.63. The fraction of sp³-hybridized carbons (Fsp3) is 0.538. The van der Waals surface area contributed by atoms with Crippen LogP contribution < -0.4 is 5.32 Å². The summed E-state index contributed by atoms with van der Waals surface area (Å²) in [5, 5.41) is 3.28. The molecular formula is C13H17F2N. The van der Waals surface area contributed by atoms with Crippen LogP contribution in [0.5, 0.6) is 0 Å². The minimum atomic E-state index is -2.76. The van der Waals surface area contributed by atoms with Gasteiger partial charge in [-0.1, -0.05) is 23.8 Å². The molecule has 1 heterocycles. The van der Waals surface area contributed by atoms with Crippen molar-refractivity contribution in [2.45, 2.75) is 38.7 Å². The first kappa shape index (κ1) is 11.5. The van der Waals surface area contributed by atoms with Gasteiger partial charge in [0.1, 0.15) is 0 Å². The molecule has 0 bridgehead atoms. The molecule has 1 N–H and O–H groups in total. The van der Waals surface area contributed by atoms with Crippen LogP contribution in [0.3, 0.4) is 0 Å². The third-order valence-corrected chi connectivity index (χ3v) is 3.12. The number of benzene rings is 1. The van der Waals surface area contributed by atoms with Crippen LogP contribution in [0.4, 0.5) is 8.78 Å². The number of alkyl halides is 2. The fourth-order valence-electron chi connectivity index (χ4n) is 2.32. The lowest BCUT2D eigenvalue weighted by molar-refractivity contribution is 0.0161. The molecule has 1 unspecified atom stereocenters. The fourth-order valence-corrected chi connectivity index (χ4v) is 2.32. The molecule has 1 atom stereocenters. The molecule has 0 spiro atoms. The van der Waals surface area contributed by atoms with Crippen LogP contribution in [0.25, 0.3) is 0 Å². The minimum Gasteiger partial charge on any atom is -0.310 e. The third kappa shape index (κ3) is 2.24.